The average molecular weight is 609 g/mol. The van der Waals surface area contributed by atoms with Crippen LogP contribution < -0.4 is 10.4 Å². The largest absolute Gasteiger partial charge is 0.494 e. The quantitative estimate of drug-likeness (QED) is 0.155. The van der Waals surface area contributed by atoms with Crippen molar-refractivity contribution in [3.05, 3.63) is 94.0 Å². The second kappa shape index (κ2) is 13.0. The Morgan fingerprint density at radius 1 is 0.925 bits per heavy atom. The van der Waals surface area contributed by atoms with Crippen LogP contribution in [0.1, 0.15) is 50.0 Å². The second-order valence-electron chi connectivity index (χ2n) is 10.2. The third kappa shape index (κ3) is 7.63. The minimum absolute atomic E-state index is 0.312. The lowest BCUT2D eigenvalue weighted by Crippen LogP contribution is -2.30. The zero-order chi connectivity index (χ0) is 28.7. The highest BCUT2D eigenvalue weighted by atomic mass is 79.9. The van der Waals surface area contributed by atoms with Crippen molar-refractivity contribution in [1.29, 1.82) is 0 Å². The van der Waals surface area contributed by atoms with E-state index in [2.05, 4.69) is 27.0 Å². The van der Waals surface area contributed by atoms with Gasteiger partial charge in [0.25, 0.3) is 0 Å². The molecule has 0 aliphatic carbocycles. The molecular weight excluding hydrogens is 574 g/mol. The number of halogens is 1. The summed E-state index contributed by atoms with van der Waals surface area (Å²) in [6.07, 6.45) is -0.0117. The maximum atomic E-state index is 12.9. The molecule has 0 fully saturated rings. The predicted molar refractivity (Wildman–Crippen MR) is 157 cm³/mol. The van der Waals surface area contributed by atoms with Crippen LogP contribution in [0.5, 0.6) is 5.75 Å². The lowest BCUT2D eigenvalue weighted by Gasteiger charge is -2.17. The van der Waals surface area contributed by atoms with E-state index in [-0.39, 0.29) is 5.97 Å². The molecule has 0 saturated heterocycles. The van der Waals surface area contributed by atoms with Crippen LogP contribution in [0.15, 0.2) is 82.3 Å². The van der Waals surface area contributed by atoms with Gasteiger partial charge in [-0.05, 0) is 82.1 Å². The molecule has 8 nitrogen and oxygen atoms in total. The highest BCUT2D eigenvalue weighted by molar-refractivity contribution is 9.10. The van der Waals surface area contributed by atoms with Crippen molar-refractivity contribution < 1.29 is 23.8 Å². The molecule has 0 aliphatic heterocycles. The van der Waals surface area contributed by atoms with Gasteiger partial charge in [0.2, 0.25) is 5.62 Å². The maximum absolute atomic E-state index is 12.9. The SMILES string of the molecule is CCOC(=O)c1cccc(OCCCn2c(=NC(=O)OC(C)(C)C)n(Cc3cccc(Br)c3)c3ccccc32)c1. The topological polar surface area (TPSA) is 84.1 Å². The Labute approximate surface area is 242 Å². The van der Waals surface area contributed by atoms with Gasteiger partial charge in [-0.2, -0.15) is 0 Å². The van der Waals surface area contributed by atoms with E-state index in [0.29, 0.717) is 49.7 Å². The van der Waals surface area contributed by atoms with Gasteiger partial charge in [0.15, 0.2) is 0 Å². The number of carbonyl (C=O) groups excluding carboxylic acids is 2. The Hall–Kier alpha value is -3.85. The van der Waals surface area contributed by atoms with Crippen LogP contribution in [0.4, 0.5) is 4.79 Å². The number of nitrogens with zero attached hydrogens (tertiary/aromatic N) is 3. The number of aryl methyl sites for hydroxylation is 1. The second-order valence-corrected chi connectivity index (χ2v) is 11.1. The first-order valence-corrected chi connectivity index (χ1v) is 14.0. The van der Waals surface area contributed by atoms with E-state index in [4.69, 9.17) is 14.2 Å². The fraction of sp³-hybridized carbons (Fsp3) is 0.323. The average Bonchev–Trinajstić information content (AvgIpc) is 3.17. The summed E-state index contributed by atoms with van der Waals surface area (Å²) in [7, 11) is 0. The Morgan fingerprint density at radius 3 is 2.35 bits per heavy atom. The molecule has 0 atom stereocenters. The first-order chi connectivity index (χ1) is 19.1. The first kappa shape index (κ1) is 29.1. The van der Waals surface area contributed by atoms with Crippen LogP contribution in [0.2, 0.25) is 0 Å². The molecule has 0 spiro atoms. The Balaban J connectivity index is 1.64. The minimum Gasteiger partial charge on any atom is -0.494 e. The molecule has 1 heterocycles. The van der Waals surface area contributed by atoms with Gasteiger partial charge in [0.05, 0.1) is 36.4 Å². The lowest BCUT2D eigenvalue weighted by molar-refractivity contribution is 0.0524. The number of carbonyl (C=O) groups is 2. The molecule has 1 amide bonds. The van der Waals surface area contributed by atoms with Gasteiger partial charge in [-0.15, -0.1) is 4.99 Å². The number of imidazole rings is 1. The molecule has 4 aromatic rings. The molecule has 0 saturated carbocycles. The Morgan fingerprint density at radius 2 is 1.65 bits per heavy atom. The smallest absolute Gasteiger partial charge is 0.437 e. The summed E-state index contributed by atoms with van der Waals surface area (Å²) < 4.78 is 21.6. The lowest BCUT2D eigenvalue weighted by atomic mass is 10.2. The summed E-state index contributed by atoms with van der Waals surface area (Å²) in [5, 5.41) is 0. The van der Waals surface area contributed by atoms with Gasteiger partial charge < -0.3 is 23.3 Å². The Kier molecular flexibility index (Phi) is 9.47. The van der Waals surface area contributed by atoms with Gasteiger partial charge in [-0.1, -0.05) is 46.3 Å². The molecule has 40 heavy (non-hydrogen) atoms. The summed E-state index contributed by atoms with van der Waals surface area (Å²) in [4.78, 5) is 29.4. The number of para-hydroxylation sites is 2. The molecule has 0 N–H and O–H groups in total. The summed E-state index contributed by atoms with van der Waals surface area (Å²) in [6, 6.07) is 23.0. The van der Waals surface area contributed by atoms with Crippen LogP contribution in [-0.2, 0) is 22.6 Å². The van der Waals surface area contributed by atoms with E-state index in [1.54, 1.807) is 25.1 Å². The molecule has 3 aromatic carbocycles. The minimum atomic E-state index is -0.668. The van der Waals surface area contributed by atoms with Gasteiger partial charge in [0, 0.05) is 11.0 Å². The van der Waals surface area contributed by atoms with Gasteiger partial charge in [0.1, 0.15) is 11.4 Å². The van der Waals surface area contributed by atoms with E-state index in [0.717, 1.165) is 21.1 Å². The van der Waals surface area contributed by atoms with Crippen molar-refractivity contribution in [2.75, 3.05) is 13.2 Å². The highest BCUT2D eigenvalue weighted by Crippen LogP contribution is 2.19. The number of rotatable bonds is 9. The van der Waals surface area contributed by atoms with Crippen LogP contribution in [-0.4, -0.2) is 40.0 Å². The summed E-state index contributed by atoms with van der Waals surface area (Å²) in [6.45, 7) is 9.01. The monoisotopic (exact) mass is 607 g/mol. The summed E-state index contributed by atoms with van der Waals surface area (Å²) >= 11 is 3.55. The van der Waals surface area contributed by atoms with Crippen LogP contribution in [0, 0.1) is 0 Å². The van der Waals surface area contributed by atoms with Crippen molar-refractivity contribution in [1.82, 2.24) is 9.13 Å². The maximum Gasteiger partial charge on any atom is 0.437 e. The molecule has 0 radical (unpaired) electrons. The summed E-state index contributed by atoms with van der Waals surface area (Å²) in [5.74, 6) is 0.210. The van der Waals surface area contributed by atoms with Crippen molar-refractivity contribution in [2.45, 2.75) is 52.8 Å². The standard InChI is InChI=1S/C31H34BrN3O5/c1-5-38-28(36)23-12-9-14-25(20-23)39-18-10-17-34-26-15-6-7-16-27(26)35(21-22-11-8-13-24(32)19-22)29(34)33-30(37)40-31(2,3)4/h6-9,11-16,19-20H,5,10,17-18,21H2,1-4H3. The predicted octanol–water partition coefficient (Wildman–Crippen LogP) is 6.74. The molecule has 1 aromatic heterocycles. The molecule has 0 bridgehead atoms. The van der Waals surface area contributed by atoms with Gasteiger partial charge in [-0.25, -0.2) is 9.59 Å². The zero-order valence-corrected chi connectivity index (χ0v) is 24.8. The molecule has 0 unspecified atom stereocenters. The Bertz CT molecular complexity index is 1570. The molecular formula is C31H34BrN3O5. The van der Waals surface area contributed by atoms with Crippen LogP contribution in [0.25, 0.3) is 11.0 Å². The first-order valence-electron chi connectivity index (χ1n) is 13.2. The number of esters is 1. The van der Waals surface area contributed by atoms with Crippen molar-refractivity contribution in [3.8, 4) is 5.75 Å². The van der Waals surface area contributed by atoms with Crippen molar-refractivity contribution >= 4 is 39.0 Å². The normalized spacial score (nSPS) is 12.0. The molecule has 9 heteroatoms. The fourth-order valence-corrected chi connectivity index (χ4v) is 4.75. The van der Waals surface area contributed by atoms with E-state index in [1.807, 2.05) is 78.4 Å². The van der Waals surface area contributed by atoms with Gasteiger partial charge >= 0.3 is 12.1 Å². The number of ether oxygens (including phenoxy) is 3. The van der Waals surface area contributed by atoms with Gasteiger partial charge in [-0.3, -0.25) is 0 Å². The number of benzene rings is 3. The number of aromatic nitrogens is 2. The van der Waals surface area contributed by atoms with Crippen LogP contribution >= 0.6 is 15.9 Å². The van der Waals surface area contributed by atoms with Crippen molar-refractivity contribution in [2.24, 2.45) is 4.99 Å². The number of hydrogen-bond donors (Lipinski definition) is 0. The van der Waals surface area contributed by atoms with E-state index < -0.39 is 11.7 Å². The van der Waals surface area contributed by atoms with E-state index in [9.17, 15) is 9.59 Å². The third-order valence-corrected chi connectivity index (χ3v) is 6.39. The van der Waals surface area contributed by atoms with Crippen LogP contribution in [0.3, 0.4) is 0 Å². The molecule has 4 rings (SSSR count). The van der Waals surface area contributed by atoms with E-state index >= 15 is 0 Å². The van der Waals surface area contributed by atoms with E-state index in [1.165, 1.54) is 0 Å². The molecule has 0 aliphatic rings. The number of amides is 1. The highest BCUT2D eigenvalue weighted by Gasteiger charge is 2.18. The van der Waals surface area contributed by atoms with Crippen molar-refractivity contribution in [3.63, 3.8) is 0 Å². The molecule has 210 valence electrons. The third-order valence-electron chi connectivity index (χ3n) is 5.90. The zero-order valence-electron chi connectivity index (χ0n) is 23.2. The number of hydrogen-bond acceptors (Lipinski definition) is 5. The number of fused-ring (bicyclic) bond motifs is 1. The fourth-order valence-electron chi connectivity index (χ4n) is 4.30. The summed E-state index contributed by atoms with van der Waals surface area (Å²) in [5.41, 5.74) is 3.24.